The maximum absolute atomic E-state index is 4.47. The summed E-state index contributed by atoms with van der Waals surface area (Å²) in [5.74, 6) is 0. The van der Waals surface area contributed by atoms with E-state index in [0.29, 0.717) is 6.04 Å². The van der Waals surface area contributed by atoms with Crippen LogP contribution in [0.25, 0.3) is 10.9 Å². The van der Waals surface area contributed by atoms with Gasteiger partial charge in [0.25, 0.3) is 0 Å². The van der Waals surface area contributed by atoms with Gasteiger partial charge >= 0.3 is 0 Å². The lowest BCUT2D eigenvalue weighted by Crippen LogP contribution is -2.21. The van der Waals surface area contributed by atoms with Gasteiger partial charge in [-0.25, -0.2) is 0 Å². The number of nitrogens with zero attached hydrogens (tertiary/aromatic N) is 1. The molecule has 0 saturated carbocycles. The van der Waals surface area contributed by atoms with Gasteiger partial charge in [-0.1, -0.05) is 12.1 Å². The highest BCUT2D eigenvalue weighted by Crippen LogP contribution is 2.28. The molecule has 1 fully saturated rings. The Hall–Kier alpha value is -1.13. The average molecular weight is 247 g/mol. The van der Waals surface area contributed by atoms with Gasteiger partial charge in [0.15, 0.2) is 0 Å². The van der Waals surface area contributed by atoms with E-state index in [9.17, 15) is 0 Å². The number of anilines is 1. The minimum Gasteiger partial charge on any atom is -0.372 e. The van der Waals surface area contributed by atoms with Crippen molar-refractivity contribution in [1.82, 2.24) is 9.69 Å². The molecule has 17 heavy (non-hydrogen) atoms. The van der Waals surface area contributed by atoms with Crippen LogP contribution in [0.15, 0.2) is 24.3 Å². The van der Waals surface area contributed by atoms with Crippen LogP contribution in [0.2, 0.25) is 0 Å². The molecular weight excluding hydrogens is 230 g/mol. The molecule has 0 aliphatic carbocycles. The van der Waals surface area contributed by atoms with Crippen LogP contribution in [0.5, 0.6) is 0 Å². The van der Waals surface area contributed by atoms with E-state index in [-0.39, 0.29) is 0 Å². The Morgan fingerprint density at radius 2 is 2.18 bits per heavy atom. The zero-order valence-electron chi connectivity index (χ0n) is 9.78. The third-order valence-electron chi connectivity index (χ3n) is 3.29. The van der Waals surface area contributed by atoms with E-state index in [0.717, 1.165) is 18.6 Å². The second kappa shape index (κ2) is 5.02. The van der Waals surface area contributed by atoms with E-state index in [1.807, 2.05) is 6.07 Å². The fraction of sp³-hybridized carbons (Fsp3) is 0.462. The van der Waals surface area contributed by atoms with Crippen molar-refractivity contribution >= 4 is 27.4 Å². The summed E-state index contributed by atoms with van der Waals surface area (Å²) in [7, 11) is 0. The van der Waals surface area contributed by atoms with Crippen LogP contribution in [0, 0.1) is 0 Å². The fourth-order valence-electron chi connectivity index (χ4n) is 2.34. The number of hydrogen-bond acceptors (Lipinski definition) is 4. The molecule has 1 aliphatic rings. The van der Waals surface area contributed by atoms with E-state index < -0.39 is 0 Å². The maximum atomic E-state index is 4.47. The third kappa shape index (κ3) is 2.42. The Morgan fingerprint density at radius 3 is 3.18 bits per heavy atom. The van der Waals surface area contributed by atoms with Crippen LogP contribution in [0.1, 0.15) is 19.3 Å². The summed E-state index contributed by atoms with van der Waals surface area (Å²) in [4.78, 5) is 0. The van der Waals surface area contributed by atoms with Crippen molar-refractivity contribution in [1.29, 1.82) is 0 Å². The summed E-state index contributed by atoms with van der Waals surface area (Å²) in [5, 5.41) is 9.59. The van der Waals surface area contributed by atoms with Gasteiger partial charge < -0.3 is 10.6 Å². The standard InChI is InChI=1S/C13H17N3S/c1-2-6-12-11(5-1)13(17-16-12)15-10-4-3-8-14-9-7-10/h1-2,5-6,10,14-15H,3-4,7-9H2. The van der Waals surface area contributed by atoms with Gasteiger partial charge in [-0.2, -0.15) is 4.37 Å². The lowest BCUT2D eigenvalue weighted by atomic mass is 10.1. The van der Waals surface area contributed by atoms with Crippen LogP contribution >= 0.6 is 11.5 Å². The summed E-state index contributed by atoms with van der Waals surface area (Å²) in [6.07, 6.45) is 3.71. The zero-order chi connectivity index (χ0) is 11.5. The molecule has 2 N–H and O–H groups in total. The molecular formula is C13H17N3S. The average Bonchev–Trinajstić information content (AvgIpc) is 2.59. The quantitative estimate of drug-likeness (QED) is 0.857. The highest BCUT2D eigenvalue weighted by Gasteiger charge is 2.14. The van der Waals surface area contributed by atoms with Gasteiger partial charge in [0.2, 0.25) is 0 Å². The summed E-state index contributed by atoms with van der Waals surface area (Å²) < 4.78 is 4.47. The van der Waals surface area contributed by atoms with E-state index in [1.165, 1.54) is 29.6 Å². The van der Waals surface area contributed by atoms with Crippen molar-refractivity contribution in [2.45, 2.75) is 25.3 Å². The van der Waals surface area contributed by atoms with Crippen LogP contribution in [-0.2, 0) is 0 Å². The molecule has 0 radical (unpaired) electrons. The van der Waals surface area contributed by atoms with Crippen molar-refractivity contribution in [3.05, 3.63) is 24.3 Å². The molecule has 1 aromatic heterocycles. The van der Waals surface area contributed by atoms with E-state index in [1.54, 1.807) is 11.5 Å². The zero-order valence-corrected chi connectivity index (χ0v) is 10.6. The number of rotatable bonds is 2. The molecule has 1 aliphatic heterocycles. The molecule has 4 heteroatoms. The topological polar surface area (TPSA) is 37.0 Å². The molecule has 2 heterocycles. The number of fused-ring (bicyclic) bond motifs is 1. The van der Waals surface area contributed by atoms with Crippen LogP contribution in [0.4, 0.5) is 5.00 Å². The van der Waals surface area contributed by atoms with Crippen molar-refractivity contribution in [3.8, 4) is 0 Å². The predicted molar refractivity (Wildman–Crippen MR) is 73.8 cm³/mol. The summed E-state index contributed by atoms with van der Waals surface area (Å²) in [6, 6.07) is 8.94. The highest BCUT2D eigenvalue weighted by molar-refractivity contribution is 7.11. The minimum atomic E-state index is 0.592. The Balaban J connectivity index is 1.79. The number of benzene rings is 1. The van der Waals surface area contributed by atoms with Crippen molar-refractivity contribution in [2.24, 2.45) is 0 Å². The molecule has 0 spiro atoms. The largest absolute Gasteiger partial charge is 0.372 e. The lowest BCUT2D eigenvalue weighted by Gasteiger charge is -2.15. The second-order valence-electron chi connectivity index (χ2n) is 4.55. The Kier molecular flexibility index (Phi) is 3.25. The normalized spacial score (nSPS) is 21.3. The van der Waals surface area contributed by atoms with Crippen LogP contribution in [-0.4, -0.2) is 23.5 Å². The van der Waals surface area contributed by atoms with Crippen molar-refractivity contribution in [2.75, 3.05) is 18.4 Å². The number of hydrogen-bond donors (Lipinski definition) is 2. The minimum absolute atomic E-state index is 0.592. The first-order valence-electron chi connectivity index (χ1n) is 6.25. The Labute approximate surface area is 105 Å². The molecule has 1 saturated heterocycles. The Morgan fingerprint density at radius 1 is 1.24 bits per heavy atom. The summed E-state index contributed by atoms with van der Waals surface area (Å²) in [6.45, 7) is 2.27. The molecule has 3 rings (SSSR count). The van der Waals surface area contributed by atoms with Gasteiger partial charge in [-0.05, 0) is 56.0 Å². The second-order valence-corrected chi connectivity index (χ2v) is 5.32. The van der Waals surface area contributed by atoms with Crippen molar-refractivity contribution in [3.63, 3.8) is 0 Å². The first-order chi connectivity index (χ1) is 8.43. The van der Waals surface area contributed by atoms with E-state index in [2.05, 4.69) is 33.2 Å². The predicted octanol–water partition coefficient (Wildman–Crippen LogP) is 2.85. The molecule has 1 atom stereocenters. The van der Waals surface area contributed by atoms with Gasteiger partial charge in [-0.15, -0.1) is 0 Å². The first kappa shape index (κ1) is 11.0. The molecule has 0 amide bonds. The molecule has 2 aromatic rings. The number of aromatic nitrogens is 1. The number of nitrogens with one attached hydrogen (secondary N) is 2. The SMILES string of the molecule is c1ccc2c(NC3CCCNCC3)snc2c1. The summed E-state index contributed by atoms with van der Waals surface area (Å²) >= 11 is 1.58. The molecule has 1 aromatic carbocycles. The van der Waals surface area contributed by atoms with Gasteiger partial charge in [-0.3, -0.25) is 0 Å². The Bertz CT molecular complexity index is 486. The highest BCUT2D eigenvalue weighted by atomic mass is 32.1. The maximum Gasteiger partial charge on any atom is 0.117 e. The van der Waals surface area contributed by atoms with E-state index >= 15 is 0 Å². The molecule has 90 valence electrons. The monoisotopic (exact) mass is 247 g/mol. The first-order valence-corrected chi connectivity index (χ1v) is 7.02. The van der Waals surface area contributed by atoms with Gasteiger partial charge in [0.05, 0.1) is 5.52 Å². The molecule has 1 unspecified atom stereocenters. The van der Waals surface area contributed by atoms with Crippen LogP contribution < -0.4 is 10.6 Å². The lowest BCUT2D eigenvalue weighted by molar-refractivity contribution is 0.639. The summed E-state index contributed by atoms with van der Waals surface area (Å²) in [5.41, 5.74) is 1.10. The molecule has 3 nitrogen and oxygen atoms in total. The smallest absolute Gasteiger partial charge is 0.117 e. The fourth-order valence-corrected chi connectivity index (χ4v) is 3.18. The molecule has 0 bridgehead atoms. The van der Waals surface area contributed by atoms with Crippen molar-refractivity contribution < 1.29 is 0 Å². The van der Waals surface area contributed by atoms with Gasteiger partial charge in [0.1, 0.15) is 5.00 Å². The van der Waals surface area contributed by atoms with E-state index in [4.69, 9.17) is 0 Å². The third-order valence-corrected chi connectivity index (χ3v) is 4.10. The van der Waals surface area contributed by atoms with Gasteiger partial charge in [0, 0.05) is 11.4 Å². The van der Waals surface area contributed by atoms with Crippen LogP contribution in [0.3, 0.4) is 0 Å².